The van der Waals surface area contributed by atoms with Gasteiger partial charge in [0.2, 0.25) is 5.95 Å². The number of benzene rings is 3. The molecule has 0 atom stereocenters. The molecule has 2 N–H and O–H groups in total. The van der Waals surface area contributed by atoms with E-state index >= 15 is 0 Å². The first-order valence-corrected chi connectivity index (χ1v) is 11.6. The highest BCUT2D eigenvalue weighted by Crippen LogP contribution is 2.28. The lowest BCUT2D eigenvalue weighted by Gasteiger charge is -2.37. The van der Waals surface area contributed by atoms with E-state index in [1.807, 2.05) is 30.3 Å². The number of nitrogens with one attached hydrogen (secondary N) is 2. The van der Waals surface area contributed by atoms with E-state index < -0.39 is 4.92 Å². The summed E-state index contributed by atoms with van der Waals surface area (Å²) in [4.78, 5) is 24.9. The number of nitro groups is 1. The number of nitro benzene ring substituents is 1. The van der Waals surface area contributed by atoms with Crippen molar-refractivity contribution >= 4 is 57.1 Å². The van der Waals surface area contributed by atoms with Gasteiger partial charge in [0.25, 0.3) is 5.69 Å². The van der Waals surface area contributed by atoms with Crippen molar-refractivity contribution in [3.63, 3.8) is 0 Å². The molecule has 1 aliphatic heterocycles. The lowest BCUT2D eigenvalue weighted by atomic mass is 10.2. The van der Waals surface area contributed by atoms with E-state index in [2.05, 4.69) is 49.7 Å². The van der Waals surface area contributed by atoms with Crippen molar-refractivity contribution in [2.45, 2.75) is 0 Å². The van der Waals surface area contributed by atoms with E-state index in [9.17, 15) is 10.1 Å². The van der Waals surface area contributed by atoms with Crippen LogP contribution in [0.25, 0.3) is 10.9 Å². The molecule has 1 saturated heterocycles. The zero-order valence-electron chi connectivity index (χ0n) is 18.8. The predicted molar refractivity (Wildman–Crippen MR) is 143 cm³/mol. The molecule has 1 fully saturated rings. The Kier molecular flexibility index (Phi) is 6.36. The average molecular weight is 486 g/mol. The van der Waals surface area contributed by atoms with Gasteiger partial charge in [-0.1, -0.05) is 42.5 Å². The van der Waals surface area contributed by atoms with Crippen LogP contribution >= 0.6 is 12.2 Å². The number of fused-ring (bicyclic) bond motifs is 1. The maximum absolute atomic E-state index is 11.3. The molecule has 35 heavy (non-hydrogen) atoms. The fraction of sp³-hybridized carbons (Fsp3) is 0.160. The van der Waals surface area contributed by atoms with Crippen LogP contribution in [0.2, 0.25) is 0 Å². The van der Waals surface area contributed by atoms with Gasteiger partial charge in [-0.2, -0.15) is 4.98 Å². The summed E-state index contributed by atoms with van der Waals surface area (Å²) in [5.41, 5.74) is 2.24. The van der Waals surface area contributed by atoms with Gasteiger partial charge in [-0.15, -0.1) is 0 Å². The molecule has 0 saturated carbocycles. The number of anilines is 4. The monoisotopic (exact) mass is 485 g/mol. The van der Waals surface area contributed by atoms with Crippen molar-refractivity contribution in [2.75, 3.05) is 46.6 Å². The third-order valence-corrected chi connectivity index (χ3v) is 6.06. The zero-order valence-corrected chi connectivity index (χ0v) is 19.6. The molecule has 0 amide bonds. The summed E-state index contributed by atoms with van der Waals surface area (Å²) >= 11 is 5.41. The first-order valence-electron chi connectivity index (χ1n) is 11.2. The second-order valence-corrected chi connectivity index (χ2v) is 8.46. The molecular formula is C25H23N7O2S. The van der Waals surface area contributed by atoms with Crippen molar-refractivity contribution in [3.8, 4) is 0 Å². The molecule has 5 rings (SSSR count). The first kappa shape index (κ1) is 22.5. The molecular weight excluding hydrogens is 462 g/mol. The second kappa shape index (κ2) is 9.90. The molecule has 10 heteroatoms. The fourth-order valence-electron chi connectivity index (χ4n) is 4.17. The molecule has 1 aliphatic rings. The summed E-state index contributed by atoms with van der Waals surface area (Å²) in [6.45, 7) is 3.38. The Labute approximate surface area is 207 Å². The Morgan fingerprint density at radius 3 is 2.26 bits per heavy atom. The van der Waals surface area contributed by atoms with Crippen molar-refractivity contribution in [1.29, 1.82) is 0 Å². The van der Waals surface area contributed by atoms with Crippen LogP contribution in [-0.2, 0) is 0 Å². The maximum Gasteiger partial charge on any atom is 0.292 e. The highest BCUT2D eigenvalue weighted by Gasteiger charge is 2.21. The van der Waals surface area contributed by atoms with E-state index in [0.717, 1.165) is 42.9 Å². The normalized spacial score (nSPS) is 13.5. The number of piperazine rings is 1. The molecule has 0 bridgehead atoms. The number of thiocarbonyl (C=S) groups is 1. The van der Waals surface area contributed by atoms with Crippen molar-refractivity contribution in [1.82, 2.24) is 9.97 Å². The fourth-order valence-corrected chi connectivity index (χ4v) is 4.37. The van der Waals surface area contributed by atoms with Crippen LogP contribution in [-0.4, -0.2) is 46.2 Å². The Hall–Kier alpha value is -4.31. The zero-order chi connectivity index (χ0) is 24.2. The number of nitrogens with zero attached hydrogens (tertiary/aromatic N) is 5. The lowest BCUT2D eigenvalue weighted by Crippen LogP contribution is -2.47. The predicted octanol–water partition coefficient (Wildman–Crippen LogP) is 4.67. The maximum atomic E-state index is 11.3. The van der Waals surface area contributed by atoms with Gasteiger partial charge in [0.1, 0.15) is 11.5 Å². The number of hydrogen-bond donors (Lipinski definition) is 2. The van der Waals surface area contributed by atoms with Crippen LogP contribution in [0.15, 0.2) is 78.9 Å². The highest BCUT2D eigenvalue weighted by molar-refractivity contribution is 7.80. The van der Waals surface area contributed by atoms with Gasteiger partial charge in [-0.25, -0.2) is 4.98 Å². The highest BCUT2D eigenvalue weighted by atomic mass is 32.1. The number of hydrogen-bond acceptors (Lipinski definition) is 7. The molecule has 0 aliphatic carbocycles. The topological polar surface area (TPSA) is 99.5 Å². The molecule has 0 unspecified atom stereocenters. The van der Waals surface area contributed by atoms with Gasteiger partial charge in [0.15, 0.2) is 5.11 Å². The van der Waals surface area contributed by atoms with Crippen LogP contribution < -0.4 is 20.4 Å². The molecule has 176 valence electrons. The van der Waals surface area contributed by atoms with Gasteiger partial charge in [0, 0.05) is 43.3 Å². The largest absolute Gasteiger partial charge is 0.368 e. The quantitative estimate of drug-likeness (QED) is 0.237. The van der Waals surface area contributed by atoms with Crippen molar-refractivity contribution < 1.29 is 4.92 Å². The van der Waals surface area contributed by atoms with E-state index in [1.165, 1.54) is 11.8 Å². The Balaban J connectivity index is 1.36. The minimum absolute atomic E-state index is 0.0620. The SMILES string of the molecule is O=[N+]([O-])c1ccccc1NC(=S)Nc1nc(N2CCN(c3ccccc3)CC2)c2ccccc2n1. The minimum atomic E-state index is -0.454. The molecule has 4 aromatic rings. The molecule has 9 nitrogen and oxygen atoms in total. The summed E-state index contributed by atoms with van der Waals surface area (Å²) in [6.07, 6.45) is 0. The van der Waals surface area contributed by atoms with Crippen LogP contribution in [0.1, 0.15) is 0 Å². The van der Waals surface area contributed by atoms with Crippen LogP contribution in [0.3, 0.4) is 0 Å². The summed E-state index contributed by atoms with van der Waals surface area (Å²) < 4.78 is 0. The smallest absolute Gasteiger partial charge is 0.292 e. The summed E-state index contributed by atoms with van der Waals surface area (Å²) in [5.74, 6) is 1.17. The van der Waals surface area contributed by atoms with Gasteiger partial charge in [-0.3, -0.25) is 10.1 Å². The van der Waals surface area contributed by atoms with Gasteiger partial charge in [0.05, 0.1) is 10.4 Å². The van der Waals surface area contributed by atoms with Crippen LogP contribution in [0, 0.1) is 10.1 Å². The second-order valence-electron chi connectivity index (χ2n) is 8.05. The van der Waals surface area contributed by atoms with E-state index in [1.54, 1.807) is 18.2 Å². The molecule has 0 spiro atoms. The molecule has 2 heterocycles. The van der Waals surface area contributed by atoms with Crippen LogP contribution in [0.5, 0.6) is 0 Å². The summed E-state index contributed by atoms with van der Waals surface area (Å²) in [7, 11) is 0. The van der Waals surface area contributed by atoms with Crippen molar-refractivity contribution in [3.05, 3.63) is 89.0 Å². The standard InChI is InChI=1S/C25H23N7O2S/c33-32(34)22-13-7-6-12-21(22)27-25(35)29-24-26-20-11-5-4-10-19(20)23(28-24)31-16-14-30(15-17-31)18-8-2-1-3-9-18/h1-13H,14-17H2,(H2,26,27,28,29,35). The number of aromatic nitrogens is 2. The number of rotatable bonds is 5. The van der Waals surface area contributed by atoms with Gasteiger partial charge < -0.3 is 20.4 Å². The van der Waals surface area contributed by atoms with E-state index in [-0.39, 0.29) is 10.8 Å². The summed E-state index contributed by atoms with van der Waals surface area (Å²) in [5, 5.41) is 18.3. The van der Waals surface area contributed by atoms with Crippen molar-refractivity contribution in [2.24, 2.45) is 0 Å². The Morgan fingerprint density at radius 2 is 1.49 bits per heavy atom. The van der Waals surface area contributed by atoms with E-state index in [0.29, 0.717) is 11.6 Å². The average Bonchev–Trinajstić information content (AvgIpc) is 2.89. The number of para-hydroxylation sites is 4. The Bertz CT molecular complexity index is 1370. The van der Waals surface area contributed by atoms with E-state index in [4.69, 9.17) is 17.2 Å². The minimum Gasteiger partial charge on any atom is -0.368 e. The molecule has 3 aromatic carbocycles. The van der Waals surface area contributed by atoms with Gasteiger partial charge >= 0.3 is 0 Å². The third kappa shape index (κ3) is 4.97. The molecule has 1 aromatic heterocycles. The van der Waals surface area contributed by atoms with Gasteiger partial charge in [-0.05, 0) is 42.5 Å². The lowest BCUT2D eigenvalue weighted by molar-refractivity contribution is -0.383. The molecule has 0 radical (unpaired) electrons. The Morgan fingerprint density at radius 1 is 0.829 bits per heavy atom. The third-order valence-electron chi connectivity index (χ3n) is 5.86. The first-order chi connectivity index (χ1) is 17.1. The summed E-state index contributed by atoms with van der Waals surface area (Å²) in [6, 6.07) is 24.6. The van der Waals surface area contributed by atoms with Crippen LogP contribution in [0.4, 0.5) is 28.8 Å².